The summed E-state index contributed by atoms with van der Waals surface area (Å²) in [5.74, 6) is 0.920. The molecule has 102 valence electrons. The van der Waals surface area contributed by atoms with Gasteiger partial charge in [0.25, 0.3) is 0 Å². The maximum atomic E-state index is 5.67. The smallest absolute Gasteiger partial charge is 0.139 e. The predicted octanol–water partition coefficient (Wildman–Crippen LogP) is 4.89. The van der Waals surface area contributed by atoms with Gasteiger partial charge in [-0.3, -0.25) is 0 Å². The van der Waals surface area contributed by atoms with E-state index >= 15 is 0 Å². The van der Waals surface area contributed by atoms with Crippen LogP contribution in [0.15, 0.2) is 63.7 Å². The summed E-state index contributed by atoms with van der Waals surface area (Å²) in [5.41, 5.74) is 1.24. The minimum Gasteiger partial charge on any atom is -0.466 e. The van der Waals surface area contributed by atoms with Crippen LogP contribution in [0, 0.1) is 0 Å². The maximum Gasteiger partial charge on any atom is 0.139 e. The first-order chi connectivity index (χ1) is 9.81. The van der Waals surface area contributed by atoms with Gasteiger partial charge in [-0.15, -0.1) is 0 Å². The van der Waals surface area contributed by atoms with E-state index in [0.717, 1.165) is 16.8 Å². The van der Waals surface area contributed by atoms with Crippen molar-refractivity contribution in [1.82, 2.24) is 5.32 Å². The van der Waals surface area contributed by atoms with E-state index in [1.807, 2.05) is 6.07 Å². The van der Waals surface area contributed by atoms with Gasteiger partial charge in [0, 0.05) is 0 Å². The molecule has 0 amide bonds. The van der Waals surface area contributed by atoms with Gasteiger partial charge in [-0.25, -0.2) is 0 Å². The fraction of sp³-hybridized carbons (Fsp3) is 0.176. The van der Waals surface area contributed by atoms with Gasteiger partial charge in [0.05, 0.1) is 16.8 Å². The Morgan fingerprint density at radius 1 is 1.10 bits per heavy atom. The summed E-state index contributed by atoms with van der Waals surface area (Å²) in [6, 6.07) is 16.8. The molecule has 1 heterocycles. The Kier molecular flexibility index (Phi) is 3.90. The van der Waals surface area contributed by atoms with Gasteiger partial charge in [-0.1, -0.05) is 49.4 Å². The number of benzene rings is 2. The van der Waals surface area contributed by atoms with E-state index in [9.17, 15) is 0 Å². The van der Waals surface area contributed by atoms with E-state index in [-0.39, 0.29) is 6.04 Å². The molecule has 2 nitrogen and oxygen atoms in total. The molecule has 1 aromatic heterocycles. The number of nitrogens with one attached hydrogen (secondary N) is 1. The number of hydrogen-bond donors (Lipinski definition) is 1. The molecule has 2 aromatic carbocycles. The fourth-order valence-electron chi connectivity index (χ4n) is 2.56. The molecule has 0 saturated carbocycles. The molecule has 1 N–H and O–H groups in total. The van der Waals surface area contributed by atoms with Crippen molar-refractivity contribution in [3.8, 4) is 0 Å². The number of hydrogen-bond acceptors (Lipinski definition) is 2. The van der Waals surface area contributed by atoms with Crippen molar-refractivity contribution >= 4 is 26.7 Å². The zero-order valence-corrected chi connectivity index (χ0v) is 12.9. The summed E-state index contributed by atoms with van der Waals surface area (Å²) < 4.78 is 6.67. The molecule has 0 aliphatic carbocycles. The highest BCUT2D eigenvalue weighted by molar-refractivity contribution is 9.10. The van der Waals surface area contributed by atoms with Gasteiger partial charge in [-0.2, -0.15) is 0 Å². The topological polar surface area (TPSA) is 25.2 Å². The average Bonchev–Trinajstić information content (AvgIpc) is 2.90. The SMILES string of the molecule is CCNC(c1occc1Br)c1cccc2ccccc12. The van der Waals surface area contributed by atoms with Crippen molar-refractivity contribution in [3.05, 3.63) is 70.6 Å². The average molecular weight is 330 g/mol. The lowest BCUT2D eigenvalue weighted by Gasteiger charge is -2.18. The molecular weight excluding hydrogens is 314 g/mol. The number of fused-ring (bicyclic) bond motifs is 1. The van der Waals surface area contributed by atoms with Crippen LogP contribution in [-0.4, -0.2) is 6.54 Å². The van der Waals surface area contributed by atoms with Gasteiger partial charge < -0.3 is 9.73 Å². The van der Waals surface area contributed by atoms with Crippen LogP contribution in [0.5, 0.6) is 0 Å². The molecule has 0 fully saturated rings. The fourth-order valence-corrected chi connectivity index (χ4v) is 2.99. The van der Waals surface area contributed by atoms with Gasteiger partial charge in [0.15, 0.2) is 0 Å². The summed E-state index contributed by atoms with van der Waals surface area (Å²) in [5, 5.41) is 6.01. The standard InChI is InChI=1S/C17H16BrNO/c1-2-19-16(17-15(18)10-11-20-17)14-9-5-7-12-6-3-4-8-13(12)14/h3-11,16,19H,2H2,1H3. The molecule has 20 heavy (non-hydrogen) atoms. The van der Waals surface area contributed by atoms with Crippen LogP contribution in [0.3, 0.4) is 0 Å². The highest BCUT2D eigenvalue weighted by atomic mass is 79.9. The predicted molar refractivity (Wildman–Crippen MR) is 85.9 cm³/mol. The van der Waals surface area contributed by atoms with Crippen molar-refractivity contribution in [1.29, 1.82) is 0 Å². The lowest BCUT2D eigenvalue weighted by molar-refractivity contribution is 0.451. The zero-order valence-electron chi connectivity index (χ0n) is 11.3. The van der Waals surface area contributed by atoms with Crippen LogP contribution in [0.4, 0.5) is 0 Å². The first-order valence-electron chi connectivity index (χ1n) is 6.75. The lowest BCUT2D eigenvalue weighted by atomic mass is 9.97. The molecule has 3 heteroatoms. The summed E-state index contributed by atoms with van der Waals surface area (Å²) >= 11 is 3.56. The molecule has 0 aliphatic rings. The highest BCUT2D eigenvalue weighted by Crippen LogP contribution is 2.33. The van der Waals surface area contributed by atoms with Crippen LogP contribution in [0.2, 0.25) is 0 Å². The second-order valence-electron chi connectivity index (χ2n) is 4.69. The molecule has 1 atom stereocenters. The minimum atomic E-state index is 0.0514. The summed E-state index contributed by atoms with van der Waals surface area (Å²) in [7, 11) is 0. The van der Waals surface area contributed by atoms with Crippen LogP contribution in [0.1, 0.15) is 24.3 Å². The number of rotatable bonds is 4. The van der Waals surface area contributed by atoms with Crippen LogP contribution in [-0.2, 0) is 0 Å². The molecule has 0 bridgehead atoms. The molecule has 0 aliphatic heterocycles. The third-order valence-electron chi connectivity index (χ3n) is 3.45. The summed E-state index contributed by atoms with van der Waals surface area (Å²) in [6.45, 7) is 2.98. The van der Waals surface area contributed by atoms with Gasteiger partial charge >= 0.3 is 0 Å². The van der Waals surface area contributed by atoms with Gasteiger partial charge in [0.1, 0.15) is 5.76 Å². The monoisotopic (exact) mass is 329 g/mol. The van der Waals surface area contributed by atoms with E-state index in [0.29, 0.717) is 0 Å². The Balaban J connectivity index is 2.17. The number of halogens is 1. The molecule has 1 unspecified atom stereocenters. The van der Waals surface area contributed by atoms with E-state index in [4.69, 9.17) is 4.42 Å². The Bertz CT molecular complexity index is 714. The second kappa shape index (κ2) is 5.81. The van der Waals surface area contributed by atoms with E-state index in [2.05, 4.69) is 70.6 Å². The van der Waals surface area contributed by atoms with Gasteiger partial charge in [0.2, 0.25) is 0 Å². The molecule has 0 radical (unpaired) electrons. The second-order valence-corrected chi connectivity index (χ2v) is 5.55. The number of furan rings is 1. The van der Waals surface area contributed by atoms with Crippen molar-refractivity contribution in [3.63, 3.8) is 0 Å². The van der Waals surface area contributed by atoms with Crippen LogP contribution in [0.25, 0.3) is 10.8 Å². The van der Waals surface area contributed by atoms with E-state index in [1.165, 1.54) is 16.3 Å². The Morgan fingerprint density at radius 2 is 1.90 bits per heavy atom. The van der Waals surface area contributed by atoms with E-state index in [1.54, 1.807) is 6.26 Å². The third-order valence-corrected chi connectivity index (χ3v) is 4.10. The summed E-state index contributed by atoms with van der Waals surface area (Å²) in [4.78, 5) is 0. The first kappa shape index (κ1) is 13.4. The molecule has 0 spiro atoms. The van der Waals surface area contributed by atoms with Crippen molar-refractivity contribution in [2.24, 2.45) is 0 Å². The third kappa shape index (κ3) is 2.39. The molecule has 3 aromatic rings. The van der Waals surface area contributed by atoms with Crippen molar-refractivity contribution < 1.29 is 4.42 Å². The summed E-state index contributed by atoms with van der Waals surface area (Å²) in [6.07, 6.45) is 1.72. The largest absolute Gasteiger partial charge is 0.466 e. The quantitative estimate of drug-likeness (QED) is 0.736. The zero-order chi connectivity index (χ0) is 13.9. The Hall–Kier alpha value is -1.58. The van der Waals surface area contributed by atoms with E-state index < -0.39 is 0 Å². The Labute approximate surface area is 126 Å². The maximum absolute atomic E-state index is 5.67. The minimum absolute atomic E-state index is 0.0514. The van der Waals surface area contributed by atoms with Crippen LogP contribution >= 0.6 is 15.9 Å². The van der Waals surface area contributed by atoms with Gasteiger partial charge in [-0.05, 0) is 44.9 Å². The molecule has 3 rings (SSSR count). The van der Waals surface area contributed by atoms with Crippen molar-refractivity contribution in [2.75, 3.05) is 6.54 Å². The molecule has 0 saturated heterocycles. The highest BCUT2D eigenvalue weighted by Gasteiger charge is 2.20. The molecular formula is C17H16BrNO. The lowest BCUT2D eigenvalue weighted by Crippen LogP contribution is -2.22. The van der Waals surface area contributed by atoms with Crippen LogP contribution < -0.4 is 5.32 Å². The van der Waals surface area contributed by atoms with Crippen molar-refractivity contribution in [2.45, 2.75) is 13.0 Å². The normalized spacial score (nSPS) is 12.7. The Morgan fingerprint density at radius 3 is 2.65 bits per heavy atom. The first-order valence-corrected chi connectivity index (χ1v) is 7.54.